The van der Waals surface area contributed by atoms with E-state index in [4.69, 9.17) is 0 Å². The number of amides is 1. The number of ketones is 1. The Bertz CT molecular complexity index is 785. The van der Waals surface area contributed by atoms with Crippen molar-refractivity contribution in [2.24, 2.45) is 5.92 Å². The molecule has 1 aromatic heterocycles. The van der Waals surface area contributed by atoms with Crippen molar-refractivity contribution >= 4 is 11.7 Å². The second-order valence-electron chi connectivity index (χ2n) is 6.20. The molecule has 0 radical (unpaired) electrons. The summed E-state index contributed by atoms with van der Waals surface area (Å²) in [5.41, 5.74) is -0.0398. The van der Waals surface area contributed by atoms with Gasteiger partial charge < -0.3 is 4.90 Å². The Morgan fingerprint density at radius 1 is 1.28 bits per heavy atom. The van der Waals surface area contributed by atoms with Gasteiger partial charge in [0.2, 0.25) is 0 Å². The molecule has 2 aromatic rings. The van der Waals surface area contributed by atoms with Gasteiger partial charge >= 0.3 is 0 Å². The van der Waals surface area contributed by atoms with Gasteiger partial charge in [0.1, 0.15) is 17.4 Å². The molecule has 3 rings (SSSR count). The third-order valence-electron chi connectivity index (χ3n) is 4.42. The zero-order valence-electron chi connectivity index (χ0n) is 13.8. The van der Waals surface area contributed by atoms with Crippen molar-refractivity contribution in [2.45, 2.75) is 26.3 Å². The first-order valence-corrected chi connectivity index (χ1v) is 8.08. The lowest BCUT2D eigenvalue weighted by molar-refractivity contribution is -0.122. The lowest BCUT2D eigenvalue weighted by Gasteiger charge is -2.30. The van der Waals surface area contributed by atoms with E-state index in [0.717, 1.165) is 25.0 Å². The lowest BCUT2D eigenvalue weighted by Crippen LogP contribution is -2.42. The molecule has 1 amide bonds. The third kappa shape index (κ3) is 3.72. The Balaban J connectivity index is 1.73. The fraction of sp³-hybridized carbons (Fsp3) is 0.412. The Kier molecular flexibility index (Phi) is 4.87. The SMILES string of the molecule is CC(=O)[C@H]1CCCN(C(=O)c2cn(Cc3c(F)cccc3F)nn2)C1. The lowest BCUT2D eigenvalue weighted by atomic mass is 9.94. The predicted octanol–water partition coefficient (Wildman–Crippen LogP) is 2.05. The first-order chi connectivity index (χ1) is 12.0. The maximum absolute atomic E-state index is 13.7. The third-order valence-corrected chi connectivity index (χ3v) is 4.42. The summed E-state index contributed by atoms with van der Waals surface area (Å²) in [6.45, 7) is 2.28. The second-order valence-corrected chi connectivity index (χ2v) is 6.20. The van der Waals surface area contributed by atoms with E-state index in [-0.39, 0.29) is 35.4 Å². The number of piperidine rings is 1. The van der Waals surface area contributed by atoms with Crippen molar-refractivity contribution in [2.75, 3.05) is 13.1 Å². The van der Waals surface area contributed by atoms with Crippen LogP contribution in [0.2, 0.25) is 0 Å². The van der Waals surface area contributed by atoms with Crippen LogP contribution in [0.5, 0.6) is 0 Å². The van der Waals surface area contributed by atoms with Crippen LogP contribution < -0.4 is 0 Å². The Morgan fingerprint density at radius 2 is 2.00 bits per heavy atom. The molecule has 0 saturated carbocycles. The molecule has 0 N–H and O–H groups in total. The summed E-state index contributed by atoms with van der Waals surface area (Å²) in [6, 6.07) is 3.61. The molecule has 1 aliphatic rings. The monoisotopic (exact) mass is 348 g/mol. The van der Waals surface area contributed by atoms with Crippen LogP contribution in [-0.2, 0) is 11.3 Å². The van der Waals surface area contributed by atoms with Crippen molar-refractivity contribution in [3.05, 3.63) is 47.3 Å². The van der Waals surface area contributed by atoms with Gasteiger partial charge in [-0.3, -0.25) is 9.59 Å². The van der Waals surface area contributed by atoms with Gasteiger partial charge in [-0.25, -0.2) is 13.5 Å². The summed E-state index contributed by atoms with van der Waals surface area (Å²) in [7, 11) is 0. The summed E-state index contributed by atoms with van der Waals surface area (Å²) in [6.07, 6.45) is 2.90. The number of carbonyl (C=O) groups is 2. The minimum atomic E-state index is -0.677. The van der Waals surface area contributed by atoms with Crippen molar-refractivity contribution in [1.82, 2.24) is 19.9 Å². The van der Waals surface area contributed by atoms with Crippen molar-refractivity contribution < 1.29 is 18.4 Å². The van der Waals surface area contributed by atoms with Crippen molar-refractivity contribution in [3.8, 4) is 0 Å². The van der Waals surface area contributed by atoms with Gasteiger partial charge in [-0.2, -0.15) is 0 Å². The Morgan fingerprint density at radius 3 is 2.68 bits per heavy atom. The van der Waals surface area contributed by atoms with Crippen LogP contribution in [0.3, 0.4) is 0 Å². The van der Waals surface area contributed by atoms with E-state index in [0.29, 0.717) is 13.1 Å². The first kappa shape index (κ1) is 17.2. The van der Waals surface area contributed by atoms with E-state index in [1.807, 2.05) is 0 Å². The Labute approximate surface area is 143 Å². The molecular formula is C17H18F2N4O2. The number of likely N-dealkylation sites (tertiary alicyclic amines) is 1. The standard InChI is InChI=1S/C17H18F2N4O2/c1-11(24)12-4-3-7-22(8-12)17(25)16-10-23(21-20-16)9-13-14(18)5-2-6-15(13)19/h2,5-6,10,12H,3-4,7-9H2,1H3/t12-/m0/s1. The molecule has 0 spiro atoms. The summed E-state index contributed by atoms with van der Waals surface area (Å²) >= 11 is 0. The average molecular weight is 348 g/mol. The molecule has 1 aliphatic heterocycles. The summed E-state index contributed by atoms with van der Waals surface area (Å²) < 4.78 is 28.6. The fourth-order valence-corrected chi connectivity index (χ4v) is 2.97. The molecule has 0 bridgehead atoms. The maximum atomic E-state index is 13.7. The van der Waals surface area contributed by atoms with Gasteiger partial charge in [-0.05, 0) is 31.9 Å². The number of benzene rings is 1. The molecule has 1 aromatic carbocycles. The highest BCUT2D eigenvalue weighted by atomic mass is 19.1. The molecule has 0 unspecified atom stereocenters. The summed E-state index contributed by atoms with van der Waals surface area (Å²) in [5.74, 6) is -1.77. The van der Waals surface area contributed by atoms with Crippen molar-refractivity contribution in [1.29, 1.82) is 0 Å². The fourth-order valence-electron chi connectivity index (χ4n) is 2.97. The molecule has 25 heavy (non-hydrogen) atoms. The van der Waals surface area contributed by atoms with Crippen LogP contribution in [0.25, 0.3) is 0 Å². The number of hydrogen-bond acceptors (Lipinski definition) is 4. The van der Waals surface area contributed by atoms with Crippen LogP contribution in [0.1, 0.15) is 35.8 Å². The Hall–Kier alpha value is -2.64. The maximum Gasteiger partial charge on any atom is 0.276 e. The number of nitrogens with zero attached hydrogens (tertiary/aromatic N) is 4. The minimum Gasteiger partial charge on any atom is -0.336 e. The van der Waals surface area contributed by atoms with E-state index < -0.39 is 11.6 Å². The number of Topliss-reactive ketones (excluding diaryl/α,β-unsaturated/α-hetero) is 1. The first-order valence-electron chi connectivity index (χ1n) is 8.08. The second kappa shape index (κ2) is 7.08. The summed E-state index contributed by atoms with van der Waals surface area (Å²) in [4.78, 5) is 25.6. The van der Waals surface area contributed by atoms with E-state index in [9.17, 15) is 18.4 Å². The van der Waals surface area contributed by atoms with Crippen molar-refractivity contribution in [3.63, 3.8) is 0 Å². The molecule has 6 nitrogen and oxygen atoms in total. The molecule has 132 valence electrons. The molecule has 1 saturated heterocycles. The summed E-state index contributed by atoms with van der Waals surface area (Å²) in [5, 5.41) is 7.59. The minimum absolute atomic E-state index is 0.0659. The van der Waals surface area contributed by atoms with Crippen LogP contribution in [-0.4, -0.2) is 44.7 Å². The molecule has 1 fully saturated rings. The highest BCUT2D eigenvalue weighted by Crippen LogP contribution is 2.19. The number of halogens is 2. The highest BCUT2D eigenvalue weighted by molar-refractivity contribution is 5.92. The number of carbonyl (C=O) groups excluding carboxylic acids is 2. The molecule has 2 heterocycles. The van der Waals surface area contributed by atoms with Gasteiger partial charge in [0.15, 0.2) is 5.69 Å². The van der Waals surface area contributed by atoms with E-state index in [1.165, 1.54) is 23.9 Å². The van der Waals surface area contributed by atoms with Gasteiger partial charge in [0.05, 0.1) is 12.7 Å². The largest absolute Gasteiger partial charge is 0.336 e. The zero-order valence-corrected chi connectivity index (χ0v) is 13.8. The van der Waals surface area contributed by atoms with Gasteiger partial charge in [0.25, 0.3) is 5.91 Å². The molecular weight excluding hydrogens is 330 g/mol. The smallest absolute Gasteiger partial charge is 0.276 e. The average Bonchev–Trinajstić information content (AvgIpc) is 3.06. The van der Waals surface area contributed by atoms with Crippen LogP contribution in [0.15, 0.2) is 24.4 Å². The predicted molar refractivity (Wildman–Crippen MR) is 84.8 cm³/mol. The van der Waals surface area contributed by atoms with Gasteiger partial charge in [0, 0.05) is 24.6 Å². The van der Waals surface area contributed by atoms with Gasteiger partial charge in [-0.15, -0.1) is 5.10 Å². The van der Waals surface area contributed by atoms with Gasteiger partial charge in [-0.1, -0.05) is 11.3 Å². The van der Waals surface area contributed by atoms with E-state index in [2.05, 4.69) is 10.3 Å². The topological polar surface area (TPSA) is 68.1 Å². The number of aromatic nitrogens is 3. The van der Waals surface area contributed by atoms with E-state index >= 15 is 0 Å². The normalized spacial score (nSPS) is 17.6. The van der Waals surface area contributed by atoms with Crippen LogP contribution in [0.4, 0.5) is 8.78 Å². The van der Waals surface area contributed by atoms with Crippen LogP contribution in [0, 0.1) is 17.6 Å². The molecule has 8 heteroatoms. The molecule has 1 atom stereocenters. The van der Waals surface area contributed by atoms with Crippen LogP contribution >= 0.6 is 0 Å². The van der Waals surface area contributed by atoms with E-state index in [1.54, 1.807) is 4.90 Å². The highest BCUT2D eigenvalue weighted by Gasteiger charge is 2.28. The number of hydrogen-bond donors (Lipinski definition) is 0. The quantitative estimate of drug-likeness (QED) is 0.848. The molecule has 0 aliphatic carbocycles. The number of rotatable bonds is 4. The zero-order chi connectivity index (χ0) is 18.0.